The number of thioether (sulfide) groups is 1. The number of hydrogen-bond acceptors (Lipinski definition) is 3. The minimum Gasteiger partial charge on any atom is -0.272 e. The van der Waals surface area contributed by atoms with Gasteiger partial charge in [0.05, 0.1) is 12.0 Å². The van der Waals surface area contributed by atoms with Gasteiger partial charge in [0, 0.05) is 23.9 Å². The van der Waals surface area contributed by atoms with Crippen LogP contribution in [0.3, 0.4) is 0 Å². The number of rotatable bonds is 3. The Hall–Kier alpha value is -0.690. The van der Waals surface area contributed by atoms with Gasteiger partial charge in [-0.25, -0.2) is 0 Å². The second-order valence-electron chi connectivity index (χ2n) is 5.15. The third-order valence-corrected chi connectivity index (χ3v) is 4.86. The van der Waals surface area contributed by atoms with Crippen molar-refractivity contribution >= 4 is 11.8 Å². The van der Waals surface area contributed by atoms with E-state index in [0.717, 1.165) is 30.8 Å². The lowest BCUT2D eigenvalue weighted by Crippen LogP contribution is -2.30. The molecular formula is C12H16F3N3S. The molecule has 0 spiro atoms. The minimum absolute atomic E-state index is 0.272. The highest BCUT2D eigenvalue weighted by Gasteiger charge is 2.38. The Kier molecular flexibility index (Phi) is 3.29. The van der Waals surface area contributed by atoms with Gasteiger partial charge in [0.1, 0.15) is 0 Å². The highest BCUT2D eigenvalue weighted by atomic mass is 32.2. The quantitative estimate of drug-likeness (QED) is 0.853. The third kappa shape index (κ3) is 2.76. The Morgan fingerprint density at radius 2 is 2.16 bits per heavy atom. The van der Waals surface area contributed by atoms with E-state index in [4.69, 9.17) is 0 Å². The van der Waals surface area contributed by atoms with Crippen LogP contribution in [0.25, 0.3) is 0 Å². The monoisotopic (exact) mass is 291 g/mol. The van der Waals surface area contributed by atoms with E-state index in [9.17, 15) is 13.2 Å². The summed E-state index contributed by atoms with van der Waals surface area (Å²) in [5, 5.41) is 4.13. The lowest BCUT2D eigenvalue weighted by molar-refractivity contribution is -0.141. The van der Waals surface area contributed by atoms with Crippen molar-refractivity contribution in [2.24, 2.45) is 0 Å². The van der Waals surface area contributed by atoms with Crippen LogP contribution < -0.4 is 0 Å². The van der Waals surface area contributed by atoms with Crippen molar-refractivity contribution in [2.45, 2.75) is 43.9 Å². The SMILES string of the molecule is CC1SCCN1Cn1nc(C(F)(F)F)cc1C1CC1. The zero-order valence-electron chi connectivity index (χ0n) is 10.7. The molecule has 2 heterocycles. The summed E-state index contributed by atoms with van der Waals surface area (Å²) in [4.78, 5) is 2.17. The van der Waals surface area contributed by atoms with Crippen molar-refractivity contribution < 1.29 is 13.2 Å². The molecule has 3 rings (SSSR count). The van der Waals surface area contributed by atoms with Crippen LogP contribution in [0, 0.1) is 0 Å². The molecule has 0 bridgehead atoms. The predicted molar refractivity (Wildman–Crippen MR) is 67.8 cm³/mol. The molecule has 1 aliphatic heterocycles. The fraction of sp³-hybridized carbons (Fsp3) is 0.750. The van der Waals surface area contributed by atoms with Gasteiger partial charge in [-0.05, 0) is 25.8 Å². The standard InChI is InChI=1S/C12H16F3N3S/c1-8-17(4-5-19-8)7-18-10(9-2-3-9)6-11(16-18)12(13,14)15/h6,8-9H,2-5,7H2,1H3. The van der Waals surface area contributed by atoms with Gasteiger partial charge in [-0.15, -0.1) is 11.8 Å². The molecule has 1 aliphatic carbocycles. The third-order valence-electron chi connectivity index (χ3n) is 3.66. The van der Waals surface area contributed by atoms with Crippen molar-refractivity contribution in [3.05, 3.63) is 17.5 Å². The molecule has 1 saturated heterocycles. The predicted octanol–water partition coefficient (Wildman–Crippen LogP) is 3.13. The smallest absolute Gasteiger partial charge is 0.272 e. The molecule has 19 heavy (non-hydrogen) atoms. The Balaban J connectivity index is 1.84. The van der Waals surface area contributed by atoms with Crippen LogP contribution in [0.4, 0.5) is 13.2 Å². The van der Waals surface area contributed by atoms with Crippen LogP contribution in [0.2, 0.25) is 0 Å². The van der Waals surface area contributed by atoms with E-state index >= 15 is 0 Å². The molecule has 0 amide bonds. The second-order valence-corrected chi connectivity index (χ2v) is 6.57. The Morgan fingerprint density at radius 3 is 2.68 bits per heavy atom. The lowest BCUT2D eigenvalue weighted by atomic mass is 10.2. The van der Waals surface area contributed by atoms with Gasteiger partial charge in [0.25, 0.3) is 0 Å². The number of alkyl halides is 3. The van der Waals surface area contributed by atoms with E-state index in [0.29, 0.717) is 12.0 Å². The molecule has 1 saturated carbocycles. The van der Waals surface area contributed by atoms with Gasteiger partial charge < -0.3 is 0 Å². The summed E-state index contributed by atoms with van der Waals surface area (Å²) in [6, 6.07) is 1.23. The normalized spacial score (nSPS) is 25.2. The summed E-state index contributed by atoms with van der Waals surface area (Å²) >= 11 is 1.83. The lowest BCUT2D eigenvalue weighted by Gasteiger charge is -2.21. The average Bonchev–Trinajstić information content (AvgIpc) is 2.95. The Morgan fingerprint density at radius 1 is 1.42 bits per heavy atom. The molecule has 0 aromatic carbocycles. The largest absolute Gasteiger partial charge is 0.435 e. The fourth-order valence-corrected chi connectivity index (χ4v) is 3.44. The van der Waals surface area contributed by atoms with Gasteiger partial charge in [-0.1, -0.05) is 0 Å². The van der Waals surface area contributed by atoms with E-state index in [2.05, 4.69) is 16.9 Å². The highest BCUT2D eigenvalue weighted by molar-refractivity contribution is 8.00. The van der Waals surface area contributed by atoms with Crippen LogP contribution in [-0.2, 0) is 12.8 Å². The first-order chi connectivity index (χ1) is 8.95. The molecule has 106 valence electrons. The summed E-state index contributed by atoms with van der Waals surface area (Å²) in [6.07, 6.45) is -2.39. The minimum atomic E-state index is -4.35. The van der Waals surface area contributed by atoms with Gasteiger partial charge in [0.2, 0.25) is 0 Å². The molecule has 0 radical (unpaired) electrons. The van der Waals surface area contributed by atoms with Crippen LogP contribution in [0.1, 0.15) is 37.1 Å². The summed E-state index contributed by atoms with van der Waals surface area (Å²) in [5.41, 5.74) is -0.00896. The van der Waals surface area contributed by atoms with Crippen molar-refractivity contribution in [2.75, 3.05) is 12.3 Å². The second kappa shape index (κ2) is 4.70. The van der Waals surface area contributed by atoms with Gasteiger partial charge >= 0.3 is 6.18 Å². The molecular weight excluding hydrogens is 275 g/mol. The van der Waals surface area contributed by atoms with E-state index in [-0.39, 0.29) is 5.92 Å². The first kappa shape index (κ1) is 13.3. The van der Waals surface area contributed by atoms with Crippen LogP contribution in [0.5, 0.6) is 0 Å². The average molecular weight is 291 g/mol. The Labute approximate surface area is 114 Å². The molecule has 1 aromatic heterocycles. The van der Waals surface area contributed by atoms with Crippen LogP contribution in [0.15, 0.2) is 6.07 Å². The maximum absolute atomic E-state index is 12.8. The van der Waals surface area contributed by atoms with Crippen LogP contribution >= 0.6 is 11.8 Å². The van der Waals surface area contributed by atoms with Crippen LogP contribution in [-0.4, -0.2) is 32.4 Å². The number of nitrogens with zero attached hydrogens (tertiary/aromatic N) is 3. The van der Waals surface area contributed by atoms with E-state index in [1.807, 2.05) is 11.8 Å². The molecule has 0 N–H and O–H groups in total. The van der Waals surface area contributed by atoms with E-state index in [1.165, 1.54) is 6.07 Å². The summed E-state index contributed by atoms with van der Waals surface area (Å²) in [7, 11) is 0. The molecule has 2 aliphatic rings. The number of aromatic nitrogens is 2. The van der Waals surface area contributed by atoms with Crippen molar-refractivity contribution in [1.29, 1.82) is 0 Å². The maximum Gasteiger partial charge on any atom is 0.435 e. The first-order valence-corrected chi connectivity index (χ1v) is 7.50. The van der Waals surface area contributed by atoms with Gasteiger partial charge in [-0.3, -0.25) is 9.58 Å². The van der Waals surface area contributed by atoms with Crippen molar-refractivity contribution in [1.82, 2.24) is 14.7 Å². The number of hydrogen-bond donors (Lipinski definition) is 0. The van der Waals surface area contributed by atoms with E-state index < -0.39 is 11.9 Å². The zero-order valence-corrected chi connectivity index (χ0v) is 11.5. The van der Waals surface area contributed by atoms with Crippen molar-refractivity contribution in [3.63, 3.8) is 0 Å². The molecule has 1 unspecified atom stereocenters. The van der Waals surface area contributed by atoms with Gasteiger partial charge in [0.15, 0.2) is 5.69 Å². The fourth-order valence-electron chi connectivity index (χ4n) is 2.38. The molecule has 2 fully saturated rings. The molecule has 1 atom stereocenters. The number of halogens is 3. The maximum atomic E-state index is 12.8. The van der Waals surface area contributed by atoms with E-state index in [1.54, 1.807) is 4.68 Å². The first-order valence-electron chi connectivity index (χ1n) is 6.46. The zero-order chi connectivity index (χ0) is 13.6. The molecule has 3 nitrogen and oxygen atoms in total. The summed E-state index contributed by atoms with van der Waals surface area (Å²) < 4.78 is 39.8. The van der Waals surface area contributed by atoms with Gasteiger partial charge in [-0.2, -0.15) is 18.3 Å². The summed E-state index contributed by atoms with van der Waals surface area (Å²) in [6.45, 7) is 3.47. The molecule has 1 aromatic rings. The molecule has 7 heteroatoms. The topological polar surface area (TPSA) is 21.1 Å². The Bertz CT molecular complexity index is 467. The highest BCUT2D eigenvalue weighted by Crippen LogP contribution is 2.42. The van der Waals surface area contributed by atoms with Crippen molar-refractivity contribution in [3.8, 4) is 0 Å². The summed E-state index contributed by atoms with van der Waals surface area (Å²) in [5.74, 6) is 1.31.